The number of hydrogen-bond acceptors (Lipinski definition) is 4. The van der Waals surface area contributed by atoms with Crippen LogP contribution in [0.3, 0.4) is 0 Å². The quantitative estimate of drug-likeness (QED) is 0.693. The summed E-state index contributed by atoms with van der Waals surface area (Å²) in [6, 6.07) is 9.72. The van der Waals surface area contributed by atoms with Crippen molar-refractivity contribution >= 4 is 11.8 Å². The number of aromatic nitrogens is 2. The Morgan fingerprint density at radius 3 is 2.42 bits per heavy atom. The Morgan fingerprint density at radius 1 is 1.11 bits per heavy atom. The second-order valence-corrected chi connectivity index (χ2v) is 4.61. The predicted molar refractivity (Wildman–Crippen MR) is 64.7 cm³/mol. The molecule has 100 valence electrons. The average Bonchev–Trinajstić information content (AvgIpc) is 2.36. The summed E-state index contributed by atoms with van der Waals surface area (Å²) in [5.41, 5.74) is -0.205. The fourth-order valence-corrected chi connectivity index (χ4v) is 2.15. The molecule has 0 aliphatic carbocycles. The highest BCUT2D eigenvalue weighted by atomic mass is 32.2. The van der Waals surface area contributed by atoms with Crippen LogP contribution in [-0.2, 0) is 11.9 Å². The highest BCUT2D eigenvalue weighted by Crippen LogP contribution is 2.31. The summed E-state index contributed by atoms with van der Waals surface area (Å²) < 4.78 is 37.5. The van der Waals surface area contributed by atoms with Crippen molar-refractivity contribution in [2.45, 2.75) is 17.1 Å². The minimum absolute atomic E-state index is 0.101. The van der Waals surface area contributed by atoms with Crippen LogP contribution in [0.15, 0.2) is 41.6 Å². The second-order valence-electron chi connectivity index (χ2n) is 3.67. The van der Waals surface area contributed by atoms with Gasteiger partial charge < -0.3 is 5.11 Å². The number of aromatic hydroxyl groups is 1. The van der Waals surface area contributed by atoms with E-state index < -0.39 is 17.8 Å². The van der Waals surface area contributed by atoms with Crippen molar-refractivity contribution in [1.29, 1.82) is 0 Å². The molecule has 0 amide bonds. The van der Waals surface area contributed by atoms with Crippen LogP contribution in [0.25, 0.3) is 0 Å². The van der Waals surface area contributed by atoms with E-state index in [0.717, 1.165) is 17.3 Å². The summed E-state index contributed by atoms with van der Waals surface area (Å²) in [6.07, 6.45) is -4.59. The molecule has 1 heterocycles. The van der Waals surface area contributed by atoms with Gasteiger partial charge in [0, 0.05) is 11.8 Å². The van der Waals surface area contributed by atoms with Crippen LogP contribution in [0.1, 0.15) is 11.3 Å². The molecule has 1 aromatic carbocycles. The van der Waals surface area contributed by atoms with Crippen molar-refractivity contribution in [1.82, 2.24) is 9.97 Å². The molecule has 0 unspecified atom stereocenters. The first kappa shape index (κ1) is 13.7. The first-order valence-corrected chi connectivity index (χ1v) is 6.25. The van der Waals surface area contributed by atoms with E-state index >= 15 is 0 Å². The second kappa shape index (κ2) is 5.48. The minimum Gasteiger partial charge on any atom is -0.493 e. The molecule has 0 atom stereocenters. The van der Waals surface area contributed by atoms with Gasteiger partial charge in [-0.3, -0.25) is 0 Å². The molecule has 7 heteroatoms. The van der Waals surface area contributed by atoms with Crippen molar-refractivity contribution in [2.24, 2.45) is 0 Å². The largest absolute Gasteiger partial charge is 0.493 e. The maximum absolute atomic E-state index is 12.5. The van der Waals surface area contributed by atoms with E-state index in [1.807, 2.05) is 30.3 Å². The third-order valence-electron chi connectivity index (χ3n) is 2.19. The zero-order valence-electron chi connectivity index (χ0n) is 9.55. The number of nitrogens with zero attached hydrogens (tertiary/aromatic N) is 2. The molecule has 3 nitrogen and oxygen atoms in total. The van der Waals surface area contributed by atoms with Crippen LogP contribution in [0, 0.1) is 0 Å². The van der Waals surface area contributed by atoms with Gasteiger partial charge in [0.15, 0.2) is 10.9 Å². The molecule has 1 N–H and O–H groups in total. The predicted octanol–water partition coefficient (Wildman–Crippen LogP) is 3.49. The fraction of sp³-hybridized carbons (Fsp3) is 0.167. The number of thioether (sulfide) groups is 1. The molecular weight excluding hydrogens is 277 g/mol. The molecule has 0 aliphatic heterocycles. The van der Waals surface area contributed by atoms with E-state index in [0.29, 0.717) is 11.8 Å². The first-order chi connectivity index (χ1) is 8.95. The summed E-state index contributed by atoms with van der Waals surface area (Å²) in [5, 5.41) is 9.09. The van der Waals surface area contributed by atoms with Crippen LogP contribution >= 0.6 is 11.8 Å². The fourth-order valence-electron chi connectivity index (χ4n) is 1.34. The molecule has 0 spiro atoms. The summed E-state index contributed by atoms with van der Waals surface area (Å²) in [7, 11) is 0. The summed E-state index contributed by atoms with van der Waals surface area (Å²) in [4.78, 5) is 6.96. The number of benzene rings is 1. The number of alkyl halides is 3. The van der Waals surface area contributed by atoms with Gasteiger partial charge in [-0.2, -0.15) is 18.2 Å². The lowest BCUT2D eigenvalue weighted by Gasteiger charge is -2.07. The van der Waals surface area contributed by atoms with Crippen molar-refractivity contribution in [3.63, 3.8) is 0 Å². The number of hydrogen-bond donors (Lipinski definition) is 1. The van der Waals surface area contributed by atoms with E-state index in [2.05, 4.69) is 9.97 Å². The highest BCUT2D eigenvalue weighted by molar-refractivity contribution is 7.98. The lowest BCUT2D eigenvalue weighted by molar-refractivity contribution is -0.141. The topological polar surface area (TPSA) is 46.0 Å². The molecule has 0 saturated heterocycles. The Balaban J connectivity index is 2.15. The van der Waals surface area contributed by atoms with Crippen molar-refractivity contribution < 1.29 is 18.3 Å². The van der Waals surface area contributed by atoms with Crippen molar-refractivity contribution in [3.05, 3.63) is 47.7 Å². The highest BCUT2D eigenvalue weighted by Gasteiger charge is 2.33. The van der Waals surface area contributed by atoms with Crippen LogP contribution < -0.4 is 0 Å². The zero-order valence-corrected chi connectivity index (χ0v) is 10.4. The molecule has 0 aliphatic rings. The van der Waals surface area contributed by atoms with Gasteiger partial charge >= 0.3 is 6.18 Å². The molecule has 1 aromatic heterocycles. The minimum atomic E-state index is -4.59. The maximum atomic E-state index is 12.5. The Kier molecular flexibility index (Phi) is 3.94. The molecule has 0 radical (unpaired) electrons. The molecule has 0 saturated carbocycles. The molecule has 19 heavy (non-hydrogen) atoms. The Hall–Kier alpha value is -1.76. The Morgan fingerprint density at radius 2 is 1.79 bits per heavy atom. The standard InChI is InChI=1S/C12H9F3N2OS/c13-12(14,15)9-6-10(18)17-11(16-9)19-7-8-4-2-1-3-5-8/h1-6H,7H2,(H,16,17,18). The first-order valence-electron chi connectivity index (χ1n) is 5.27. The van der Waals surface area contributed by atoms with Gasteiger partial charge in [0.25, 0.3) is 0 Å². The Labute approximate surface area is 111 Å². The van der Waals surface area contributed by atoms with E-state index in [1.165, 1.54) is 0 Å². The Bertz CT molecular complexity index is 561. The molecule has 2 aromatic rings. The molecule has 0 bridgehead atoms. The van der Waals surface area contributed by atoms with Gasteiger partial charge in [0.1, 0.15) is 0 Å². The van der Waals surface area contributed by atoms with Gasteiger partial charge in [-0.1, -0.05) is 42.1 Å². The average molecular weight is 286 g/mol. The SMILES string of the molecule is Oc1cc(C(F)(F)F)nc(SCc2ccccc2)n1. The van der Waals surface area contributed by atoms with E-state index in [-0.39, 0.29) is 5.16 Å². The number of halogens is 3. The molecule has 2 rings (SSSR count). The van der Waals surface area contributed by atoms with Crippen molar-refractivity contribution in [2.75, 3.05) is 0 Å². The smallest absolute Gasteiger partial charge is 0.433 e. The van der Waals surface area contributed by atoms with E-state index in [4.69, 9.17) is 0 Å². The van der Waals surface area contributed by atoms with Gasteiger partial charge in [0.05, 0.1) is 0 Å². The number of rotatable bonds is 3. The third-order valence-corrected chi connectivity index (χ3v) is 3.11. The zero-order chi connectivity index (χ0) is 13.9. The lowest BCUT2D eigenvalue weighted by atomic mass is 10.2. The summed E-state index contributed by atoms with van der Waals surface area (Å²) in [5.74, 6) is -0.250. The molecule has 0 fully saturated rings. The van der Waals surface area contributed by atoms with Gasteiger partial charge in [-0.05, 0) is 5.56 Å². The van der Waals surface area contributed by atoms with Gasteiger partial charge in [0.2, 0.25) is 5.88 Å². The summed E-state index contributed by atoms with van der Waals surface area (Å²) >= 11 is 1.04. The van der Waals surface area contributed by atoms with Gasteiger partial charge in [-0.15, -0.1) is 0 Å². The third kappa shape index (κ3) is 3.85. The van der Waals surface area contributed by atoms with E-state index in [1.54, 1.807) is 0 Å². The molecular formula is C12H9F3N2OS. The van der Waals surface area contributed by atoms with Crippen molar-refractivity contribution in [3.8, 4) is 5.88 Å². The maximum Gasteiger partial charge on any atom is 0.433 e. The monoisotopic (exact) mass is 286 g/mol. The normalized spacial score (nSPS) is 11.5. The lowest BCUT2D eigenvalue weighted by Crippen LogP contribution is -2.09. The van der Waals surface area contributed by atoms with Crippen LogP contribution in [0.2, 0.25) is 0 Å². The van der Waals surface area contributed by atoms with Gasteiger partial charge in [-0.25, -0.2) is 4.98 Å². The van der Waals surface area contributed by atoms with Crippen LogP contribution in [0.5, 0.6) is 5.88 Å². The summed E-state index contributed by atoms with van der Waals surface area (Å²) in [6.45, 7) is 0. The van der Waals surface area contributed by atoms with Crippen LogP contribution in [0.4, 0.5) is 13.2 Å². The van der Waals surface area contributed by atoms with E-state index in [9.17, 15) is 18.3 Å². The van der Waals surface area contributed by atoms with Crippen LogP contribution in [-0.4, -0.2) is 15.1 Å².